The summed E-state index contributed by atoms with van der Waals surface area (Å²) in [5, 5.41) is 70.0. The molecule has 1 aliphatic heterocycles. The third-order valence-corrected chi connectivity index (χ3v) is 5.33. The topological polar surface area (TPSA) is 181 Å². The summed E-state index contributed by atoms with van der Waals surface area (Å²) >= 11 is 0. The molecule has 2 heterocycles. The molecule has 7 N–H and O–H groups in total. The molecule has 10 nitrogen and oxygen atoms in total. The number of fused-ring (bicyclic) bond motifs is 1. The van der Waals surface area contributed by atoms with Gasteiger partial charge in [-0.15, -0.1) is 0 Å². The van der Waals surface area contributed by atoms with E-state index in [0.29, 0.717) is 5.56 Å². The van der Waals surface area contributed by atoms with Crippen LogP contribution in [0.3, 0.4) is 0 Å². The predicted molar refractivity (Wildman–Crippen MR) is 106 cm³/mol. The molecule has 1 aromatic heterocycles. The summed E-state index contributed by atoms with van der Waals surface area (Å²) in [5.41, 5.74) is -0.813. The number of rotatable bonds is 3. The summed E-state index contributed by atoms with van der Waals surface area (Å²) in [6, 6.07) is 7.69. The van der Waals surface area contributed by atoms with Crippen molar-refractivity contribution in [2.75, 3.05) is 6.61 Å². The van der Waals surface area contributed by atoms with Crippen molar-refractivity contribution in [1.29, 1.82) is 0 Å². The SMILES string of the molecule is O=c1cc(-c2ccc(O)cc2)oc2c([C@@H]3O[C@@H](CO)[C@@H](O)[C@@H](O)[C@H]3O)c(O)cc(O)c12. The molecule has 3 aromatic rings. The third kappa shape index (κ3) is 3.50. The van der Waals surface area contributed by atoms with Crippen molar-refractivity contribution >= 4 is 11.0 Å². The second kappa shape index (κ2) is 7.84. The van der Waals surface area contributed by atoms with Crippen LogP contribution >= 0.6 is 0 Å². The molecule has 1 fully saturated rings. The second-order valence-electron chi connectivity index (χ2n) is 7.30. The van der Waals surface area contributed by atoms with Gasteiger partial charge in [0.25, 0.3) is 0 Å². The second-order valence-corrected chi connectivity index (χ2v) is 7.30. The van der Waals surface area contributed by atoms with E-state index < -0.39 is 54.1 Å². The predicted octanol–water partition coefficient (Wildman–Crippen LogP) is 0.0917. The Morgan fingerprint density at radius 2 is 1.55 bits per heavy atom. The molecular weight excluding hydrogens is 412 g/mol. The molecule has 0 radical (unpaired) electrons. The van der Waals surface area contributed by atoms with Crippen LogP contribution in [0.15, 0.2) is 45.6 Å². The van der Waals surface area contributed by atoms with Crippen molar-refractivity contribution in [3.8, 4) is 28.6 Å². The summed E-state index contributed by atoms with van der Waals surface area (Å²) in [4.78, 5) is 12.7. The average molecular weight is 432 g/mol. The van der Waals surface area contributed by atoms with Gasteiger partial charge in [-0.3, -0.25) is 4.79 Å². The number of hydrogen-bond acceptors (Lipinski definition) is 10. The summed E-state index contributed by atoms with van der Waals surface area (Å²) in [6.45, 7) is -0.694. The molecule has 0 amide bonds. The van der Waals surface area contributed by atoms with Crippen LogP contribution in [0.5, 0.6) is 17.2 Å². The maximum atomic E-state index is 12.7. The van der Waals surface area contributed by atoms with Gasteiger partial charge in [0, 0.05) is 17.7 Å². The summed E-state index contributed by atoms with van der Waals surface area (Å²) in [6.07, 6.45) is -7.87. The molecule has 164 valence electrons. The van der Waals surface area contributed by atoms with E-state index in [1.54, 1.807) is 0 Å². The van der Waals surface area contributed by atoms with E-state index in [1.165, 1.54) is 24.3 Å². The highest BCUT2D eigenvalue weighted by atomic mass is 16.5. The van der Waals surface area contributed by atoms with Crippen LogP contribution in [0.25, 0.3) is 22.3 Å². The van der Waals surface area contributed by atoms with Gasteiger partial charge in [-0.1, -0.05) is 0 Å². The van der Waals surface area contributed by atoms with Gasteiger partial charge < -0.3 is 44.9 Å². The Morgan fingerprint density at radius 1 is 0.871 bits per heavy atom. The van der Waals surface area contributed by atoms with Gasteiger partial charge in [-0.25, -0.2) is 0 Å². The summed E-state index contributed by atoms with van der Waals surface area (Å²) in [7, 11) is 0. The lowest BCUT2D eigenvalue weighted by atomic mass is 9.89. The lowest BCUT2D eigenvalue weighted by Gasteiger charge is -2.40. The Hall–Kier alpha value is -3.15. The fourth-order valence-electron chi connectivity index (χ4n) is 3.70. The number of aromatic hydroxyl groups is 3. The fraction of sp³-hybridized carbons (Fsp3) is 0.286. The Balaban J connectivity index is 1.96. The number of aliphatic hydroxyl groups is 4. The molecule has 1 saturated heterocycles. The van der Waals surface area contributed by atoms with Crippen molar-refractivity contribution in [2.24, 2.45) is 0 Å². The number of phenolic OH excluding ortho intramolecular Hbond substituents is 3. The van der Waals surface area contributed by atoms with E-state index in [4.69, 9.17) is 9.15 Å². The summed E-state index contributed by atoms with van der Waals surface area (Å²) < 4.78 is 11.3. The monoisotopic (exact) mass is 432 g/mol. The average Bonchev–Trinajstić information content (AvgIpc) is 2.73. The first kappa shape index (κ1) is 21.1. The first-order chi connectivity index (χ1) is 14.7. The van der Waals surface area contributed by atoms with Crippen molar-refractivity contribution in [3.05, 3.63) is 52.2 Å². The van der Waals surface area contributed by atoms with Gasteiger partial charge in [-0.2, -0.15) is 0 Å². The quantitative estimate of drug-likeness (QED) is 0.300. The molecule has 4 rings (SSSR count). The number of benzene rings is 2. The molecule has 1 aliphatic rings. The zero-order chi connectivity index (χ0) is 22.4. The Labute approximate surface area is 174 Å². The maximum absolute atomic E-state index is 12.7. The normalized spacial score (nSPS) is 26.3. The van der Waals surface area contributed by atoms with E-state index in [-0.39, 0.29) is 28.0 Å². The van der Waals surface area contributed by atoms with Crippen LogP contribution in [-0.2, 0) is 4.74 Å². The highest BCUT2D eigenvalue weighted by molar-refractivity contribution is 5.89. The lowest BCUT2D eigenvalue weighted by Crippen LogP contribution is -2.55. The van der Waals surface area contributed by atoms with Crippen molar-refractivity contribution in [2.45, 2.75) is 30.5 Å². The van der Waals surface area contributed by atoms with E-state index in [1.807, 2.05) is 0 Å². The molecule has 0 unspecified atom stereocenters. The maximum Gasteiger partial charge on any atom is 0.197 e. The largest absolute Gasteiger partial charge is 0.508 e. The lowest BCUT2D eigenvalue weighted by molar-refractivity contribution is -0.231. The van der Waals surface area contributed by atoms with Crippen LogP contribution in [0.1, 0.15) is 11.7 Å². The standard InChI is InChI=1S/C21H20O10/c22-7-14-17(27)18(28)19(29)21(31-14)16-11(25)5-10(24)15-12(26)6-13(30-20(15)16)8-1-3-9(23)4-2-8/h1-6,14,17-19,21-25,27-29H,7H2/t14-,17+,18+,19+,21-/m0/s1. The van der Waals surface area contributed by atoms with Gasteiger partial charge in [0.2, 0.25) is 0 Å². The van der Waals surface area contributed by atoms with E-state index in [2.05, 4.69) is 0 Å². The molecule has 0 aliphatic carbocycles. The van der Waals surface area contributed by atoms with Crippen LogP contribution in [0.2, 0.25) is 0 Å². The summed E-state index contributed by atoms with van der Waals surface area (Å²) in [5.74, 6) is -1.15. The van der Waals surface area contributed by atoms with Gasteiger partial charge >= 0.3 is 0 Å². The molecule has 5 atom stereocenters. The first-order valence-corrected chi connectivity index (χ1v) is 9.35. The van der Waals surface area contributed by atoms with E-state index >= 15 is 0 Å². The minimum atomic E-state index is -1.75. The first-order valence-electron chi connectivity index (χ1n) is 9.35. The van der Waals surface area contributed by atoms with Crippen molar-refractivity contribution in [3.63, 3.8) is 0 Å². The zero-order valence-electron chi connectivity index (χ0n) is 15.9. The molecule has 0 saturated carbocycles. The van der Waals surface area contributed by atoms with E-state index in [0.717, 1.165) is 12.1 Å². The Morgan fingerprint density at radius 3 is 2.19 bits per heavy atom. The molecule has 0 spiro atoms. The minimum absolute atomic E-state index is 0.0100. The van der Waals surface area contributed by atoms with Gasteiger partial charge in [0.15, 0.2) is 11.0 Å². The molecule has 0 bridgehead atoms. The number of phenols is 3. The number of hydrogen-bond donors (Lipinski definition) is 7. The Kier molecular flexibility index (Phi) is 5.33. The van der Waals surface area contributed by atoms with E-state index in [9.17, 15) is 40.5 Å². The van der Waals surface area contributed by atoms with Gasteiger partial charge in [-0.05, 0) is 24.3 Å². The molecule has 31 heavy (non-hydrogen) atoms. The van der Waals surface area contributed by atoms with Crippen LogP contribution in [0.4, 0.5) is 0 Å². The Bertz CT molecular complexity index is 1170. The highest BCUT2D eigenvalue weighted by Crippen LogP contribution is 2.43. The fourth-order valence-corrected chi connectivity index (χ4v) is 3.70. The number of ether oxygens (including phenoxy) is 1. The van der Waals surface area contributed by atoms with Crippen LogP contribution in [-0.4, -0.2) is 66.8 Å². The molecule has 2 aromatic carbocycles. The smallest absolute Gasteiger partial charge is 0.197 e. The third-order valence-electron chi connectivity index (χ3n) is 5.33. The zero-order valence-corrected chi connectivity index (χ0v) is 15.9. The van der Waals surface area contributed by atoms with Crippen molar-refractivity contribution < 1.29 is 44.9 Å². The minimum Gasteiger partial charge on any atom is -0.508 e. The van der Waals surface area contributed by atoms with Crippen LogP contribution < -0.4 is 5.43 Å². The van der Waals surface area contributed by atoms with Crippen LogP contribution in [0, 0.1) is 0 Å². The molecule has 10 heteroatoms. The van der Waals surface area contributed by atoms with Crippen molar-refractivity contribution in [1.82, 2.24) is 0 Å². The molecular formula is C21H20O10. The number of aliphatic hydroxyl groups excluding tert-OH is 4. The van der Waals surface area contributed by atoms with Gasteiger partial charge in [0.1, 0.15) is 58.9 Å². The van der Waals surface area contributed by atoms with Gasteiger partial charge in [0.05, 0.1) is 12.2 Å². The highest BCUT2D eigenvalue weighted by Gasteiger charge is 2.46.